The minimum Gasteiger partial charge on any atom is -0.304 e. The number of hydrogen-bond donors (Lipinski definition) is 0. The second-order valence-electron chi connectivity index (χ2n) is 6.26. The quantitative estimate of drug-likeness (QED) is 0.229. The molecule has 0 spiro atoms. The van der Waals surface area contributed by atoms with Crippen LogP contribution in [0.25, 0.3) is 0 Å². The highest BCUT2D eigenvalue weighted by Gasteiger charge is 1.96. The van der Waals surface area contributed by atoms with Crippen LogP contribution in [-0.2, 0) is 0 Å². The fourth-order valence-electron chi connectivity index (χ4n) is 2.77. The first-order chi connectivity index (χ1) is 10.3. The van der Waals surface area contributed by atoms with E-state index in [1.54, 1.807) is 0 Å². The van der Waals surface area contributed by atoms with E-state index in [0.717, 1.165) is 0 Å². The summed E-state index contributed by atoms with van der Waals surface area (Å²) in [6.07, 6.45) is 21.5. The Morgan fingerprint density at radius 1 is 0.571 bits per heavy atom. The highest BCUT2D eigenvalue weighted by molar-refractivity contribution is 4.81. The van der Waals surface area contributed by atoms with Crippen molar-refractivity contribution in [1.82, 2.24) is 4.90 Å². The van der Waals surface area contributed by atoms with Gasteiger partial charge in [-0.2, -0.15) is 0 Å². The van der Waals surface area contributed by atoms with Crippen molar-refractivity contribution in [2.45, 2.75) is 97.8 Å². The van der Waals surface area contributed by atoms with Crippen LogP contribution >= 0.6 is 0 Å². The van der Waals surface area contributed by atoms with Crippen LogP contribution in [-0.4, -0.2) is 24.5 Å². The molecule has 0 fully saturated rings. The smallest absolute Gasteiger partial charge is 0.00189 e. The minimum atomic E-state index is 1.20. The van der Waals surface area contributed by atoms with Gasteiger partial charge in [0.2, 0.25) is 0 Å². The number of nitrogens with zero attached hydrogens (tertiary/aromatic N) is 1. The van der Waals surface area contributed by atoms with E-state index in [4.69, 9.17) is 0 Å². The standard InChI is InChI=1S/C20H41N/c1-4-7-8-9-10-11-12-13-14-15-16-17-18-19-20-21(5-2)6-3/h15-16H,4-14,17-20H2,1-3H3/b16-15+. The molecule has 0 aliphatic heterocycles. The van der Waals surface area contributed by atoms with Crippen LogP contribution in [0.5, 0.6) is 0 Å². The zero-order valence-corrected chi connectivity index (χ0v) is 15.2. The lowest BCUT2D eigenvalue weighted by Gasteiger charge is -2.17. The number of hydrogen-bond acceptors (Lipinski definition) is 1. The Balaban J connectivity index is 3.15. The van der Waals surface area contributed by atoms with Crippen molar-refractivity contribution in [3.05, 3.63) is 12.2 Å². The first-order valence-corrected chi connectivity index (χ1v) is 9.72. The van der Waals surface area contributed by atoms with Gasteiger partial charge >= 0.3 is 0 Å². The third-order valence-corrected chi connectivity index (χ3v) is 4.38. The van der Waals surface area contributed by atoms with Gasteiger partial charge in [-0.15, -0.1) is 0 Å². The van der Waals surface area contributed by atoms with Crippen molar-refractivity contribution in [2.24, 2.45) is 0 Å². The Labute approximate surface area is 135 Å². The molecule has 21 heavy (non-hydrogen) atoms. The van der Waals surface area contributed by atoms with E-state index in [0.29, 0.717) is 0 Å². The van der Waals surface area contributed by atoms with E-state index in [1.807, 2.05) is 0 Å². The number of unbranched alkanes of at least 4 members (excludes halogenated alkanes) is 10. The molecule has 0 heterocycles. The molecule has 1 heteroatoms. The van der Waals surface area contributed by atoms with Crippen molar-refractivity contribution in [3.8, 4) is 0 Å². The monoisotopic (exact) mass is 295 g/mol. The molecule has 0 bridgehead atoms. The van der Waals surface area contributed by atoms with Gasteiger partial charge < -0.3 is 4.90 Å². The summed E-state index contributed by atoms with van der Waals surface area (Å²) in [5, 5.41) is 0. The van der Waals surface area contributed by atoms with Crippen LogP contribution in [0.3, 0.4) is 0 Å². The average Bonchev–Trinajstić information content (AvgIpc) is 2.51. The van der Waals surface area contributed by atoms with Gasteiger partial charge in [0.25, 0.3) is 0 Å². The maximum Gasteiger partial charge on any atom is -0.00189 e. The van der Waals surface area contributed by atoms with Crippen molar-refractivity contribution >= 4 is 0 Å². The normalized spacial score (nSPS) is 11.8. The number of allylic oxidation sites excluding steroid dienone is 2. The summed E-state index contributed by atoms with van der Waals surface area (Å²) in [5.41, 5.74) is 0. The first kappa shape index (κ1) is 20.7. The van der Waals surface area contributed by atoms with Gasteiger partial charge in [0.05, 0.1) is 0 Å². The molecule has 0 atom stereocenters. The van der Waals surface area contributed by atoms with Crippen LogP contribution in [0.1, 0.15) is 97.8 Å². The van der Waals surface area contributed by atoms with Crippen molar-refractivity contribution in [3.63, 3.8) is 0 Å². The summed E-state index contributed by atoms with van der Waals surface area (Å²) in [5.74, 6) is 0. The predicted molar refractivity (Wildman–Crippen MR) is 98.0 cm³/mol. The van der Waals surface area contributed by atoms with Crippen molar-refractivity contribution in [2.75, 3.05) is 19.6 Å². The van der Waals surface area contributed by atoms with Crippen LogP contribution in [0.4, 0.5) is 0 Å². The van der Waals surface area contributed by atoms with Gasteiger partial charge in [0, 0.05) is 0 Å². The van der Waals surface area contributed by atoms with Gasteiger partial charge in [-0.1, -0.05) is 77.9 Å². The van der Waals surface area contributed by atoms with Crippen LogP contribution in [0, 0.1) is 0 Å². The lowest BCUT2D eigenvalue weighted by Crippen LogP contribution is -2.23. The zero-order valence-electron chi connectivity index (χ0n) is 15.2. The van der Waals surface area contributed by atoms with Gasteiger partial charge in [0.15, 0.2) is 0 Å². The largest absolute Gasteiger partial charge is 0.304 e. The molecule has 0 saturated carbocycles. The highest BCUT2D eigenvalue weighted by Crippen LogP contribution is 2.10. The molecule has 0 amide bonds. The summed E-state index contributed by atoms with van der Waals surface area (Å²) in [4.78, 5) is 2.52. The lowest BCUT2D eigenvalue weighted by atomic mass is 10.1. The van der Waals surface area contributed by atoms with Gasteiger partial charge in [-0.3, -0.25) is 0 Å². The van der Waals surface area contributed by atoms with Gasteiger partial charge in [-0.05, 0) is 51.7 Å². The fourth-order valence-corrected chi connectivity index (χ4v) is 2.77. The molecule has 0 aromatic rings. The second-order valence-corrected chi connectivity index (χ2v) is 6.26. The molecule has 126 valence electrons. The van der Waals surface area contributed by atoms with E-state index in [9.17, 15) is 0 Å². The highest BCUT2D eigenvalue weighted by atomic mass is 15.1. The summed E-state index contributed by atoms with van der Waals surface area (Å²) >= 11 is 0. The maximum absolute atomic E-state index is 2.52. The topological polar surface area (TPSA) is 3.24 Å². The summed E-state index contributed by atoms with van der Waals surface area (Å²) < 4.78 is 0. The number of rotatable bonds is 16. The van der Waals surface area contributed by atoms with Crippen LogP contribution < -0.4 is 0 Å². The van der Waals surface area contributed by atoms with E-state index in [-0.39, 0.29) is 0 Å². The van der Waals surface area contributed by atoms with Crippen molar-refractivity contribution < 1.29 is 0 Å². The van der Waals surface area contributed by atoms with E-state index < -0.39 is 0 Å². The Hall–Kier alpha value is -0.300. The molecule has 0 aromatic carbocycles. The molecule has 0 aliphatic rings. The molecule has 0 saturated heterocycles. The molecule has 0 aliphatic carbocycles. The van der Waals surface area contributed by atoms with E-state index in [2.05, 4.69) is 37.8 Å². The second kappa shape index (κ2) is 17.8. The molecule has 0 rings (SSSR count). The third kappa shape index (κ3) is 15.9. The molecule has 0 N–H and O–H groups in total. The summed E-state index contributed by atoms with van der Waals surface area (Å²) in [7, 11) is 0. The third-order valence-electron chi connectivity index (χ3n) is 4.38. The zero-order chi connectivity index (χ0) is 15.6. The molecule has 1 nitrogen and oxygen atoms in total. The summed E-state index contributed by atoms with van der Waals surface area (Å²) in [6.45, 7) is 10.5. The Morgan fingerprint density at radius 3 is 1.57 bits per heavy atom. The maximum atomic E-state index is 2.52. The van der Waals surface area contributed by atoms with E-state index >= 15 is 0 Å². The molecule has 0 aromatic heterocycles. The molecule has 0 radical (unpaired) electrons. The minimum absolute atomic E-state index is 1.20. The Morgan fingerprint density at radius 2 is 1.05 bits per heavy atom. The SMILES string of the molecule is CCCCCCCCCC/C=C/CCCCN(CC)CC. The van der Waals surface area contributed by atoms with Crippen LogP contribution in [0.15, 0.2) is 12.2 Å². The molecular formula is C20H41N. The Bertz CT molecular complexity index is 206. The fraction of sp³-hybridized carbons (Fsp3) is 0.900. The first-order valence-electron chi connectivity index (χ1n) is 9.72. The van der Waals surface area contributed by atoms with Gasteiger partial charge in [0.1, 0.15) is 0 Å². The molecule has 0 unspecified atom stereocenters. The lowest BCUT2D eigenvalue weighted by molar-refractivity contribution is 0.297. The Kier molecular flexibility index (Phi) is 17.5. The van der Waals surface area contributed by atoms with E-state index in [1.165, 1.54) is 96.7 Å². The average molecular weight is 296 g/mol. The predicted octanol–water partition coefficient (Wildman–Crippen LogP) is 6.59. The molecular weight excluding hydrogens is 254 g/mol. The van der Waals surface area contributed by atoms with Crippen LogP contribution in [0.2, 0.25) is 0 Å². The van der Waals surface area contributed by atoms with Gasteiger partial charge in [-0.25, -0.2) is 0 Å². The summed E-state index contributed by atoms with van der Waals surface area (Å²) in [6, 6.07) is 0. The van der Waals surface area contributed by atoms with Crippen molar-refractivity contribution in [1.29, 1.82) is 0 Å².